The zero-order chi connectivity index (χ0) is 43.0. The van der Waals surface area contributed by atoms with E-state index in [9.17, 15) is 14.4 Å². The molecule has 0 aliphatic carbocycles. The SMILES string of the molecule is CC/C=C\C/C=C\C/C=C\C/C=C\C/C=C\C/C=C\C/C=C\CCCCCC(=O)OCC(COC(=O)CCCCCCCCCC)OC(=O)CCCCCCCCCC. The van der Waals surface area contributed by atoms with Crippen molar-refractivity contribution < 1.29 is 28.6 Å². The molecule has 0 aliphatic heterocycles. The van der Waals surface area contributed by atoms with Gasteiger partial charge in [0.15, 0.2) is 6.10 Å². The predicted molar refractivity (Wildman–Crippen MR) is 251 cm³/mol. The molecule has 0 heterocycles. The van der Waals surface area contributed by atoms with Crippen LogP contribution in [0.2, 0.25) is 0 Å². The summed E-state index contributed by atoms with van der Waals surface area (Å²) < 4.78 is 16.6. The number of allylic oxidation sites excluding steroid dienone is 14. The quantitative estimate of drug-likeness (QED) is 0.0264. The molecule has 0 amide bonds. The molecule has 0 aromatic carbocycles. The average molecular weight is 821 g/mol. The minimum atomic E-state index is -0.783. The van der Waals surface area contributed by atoms with Crippen molar-refractivity contribution >= 4 is 17.9 Å². The van der Waals surface area contributed by atoms with E-state index in [4.69, 9.17) is 14.2 Å². The minimum absolute atomic E-state index is 0.0861. The maximum absolute atomic E-state index is 12.6. The van der Waals surface area contributed by atoms with Crippen LogP contribution in [0.1, 0.15) is 213 Å². The molecule has 59 heavy (non-hydrogen) atoms. The maximum Gasteiger partial charge on any atom is 0.306 e. The van der Waals surface area contributed by atoms with Gasteiger partial charge in [0, 0.05) is 19.3 Å². The fourth-order valence-electron chi connectivity index (χ4n) is 6.30. The monoisotopic (exact) mass is 821 g/mol. The highest BCUT2D eigenvalue weighted by Crippen LogP contribution is 2.13. The van der Waals surface area contributed by atoms with Crippen LogP contribution in [-0.2, 0) is 28.6 Å². The highest BCUT2D eigenvalue weighted by Gasteiger charge is 2.19. The van der Waals surface area contributed by atoms with Crippen molar-refractivity contribution in [2.24, 2.45) is 0 Å². The van der Waals surface area contributed by atoms with E-state index in [-0.39, 0.29) is 31.1 Å². The van der Waals surface area contributed by atoms with Gasteiger partial charge < -0.3 is 14.2 Å². The average Bonchev–Trinajstić information content (AvgIpc) is 3.23. The topological polar surface area (TPSA) is 78.9 Å². The fourth-order valence-corrected chi connectivity index (χ4v) is 6.30. The molecule has 0 aromatic rings. The van der Waals surface area contributed by atoms with Gasteiger partial charge in [-0.1, -0.05) is 202 Å². The van der Waals surface area contributed by atoms with E-state index >= 15 is 0 Å². The Labute approximate surface area is 363 Å². The Morgan fingerprint density at radius 2 is 0.661 bits per heavy atom. The third-order valence-corrected chi connectivity index (χ3v) is 9.91. The molecule has 6 heteroatoms. The van der Waals surface area contributed by atoms with Gasteiger partial charge in [-0.05, 0) is 77.0 Å². The van der Waals surface area contributed by atoms with E-state index in [1.54, 1.807) is 0 Å². The van der Waals surface area contributed by atoms with Crippen LogP contribution in [0.4, 0.5) is 0 Å². The summed E-state index contributed by atoms with van der Waals surface area (Å²) in [5.74, 6) is -0.935. The summed E-state index contributed by atoms with van der Waals surface area (Å²) in [6.45, 7) is 6.41. The number of hydrogen-bond donors (Lipinski definition) is 0. The largest absolute Gasteiger partial charge is 0.462 e. The van der Waals surface area contributed by atoms with E-state index in [1.165, 1.54) is 64.2 Å². The second kappa shape index (κ2) is 47.3. The van der Waals surface area contributed by atoms with Gasteiger partial charge in [0.05, 0.1) is 0 Å². The molecular formula is C53H88O6. The number of esters is 3. The predicted octanol–water partition coefficient (Wildman–Crippen LogP) is 15.6. The van der Waals surface area contributed by atoms with Crippen LogP contribution >= 0.6 is 0 Å². The van der Waals surface area contributed by atoms with E-state index in [1.807, 2.05) is 0 Å². The van der Waals surface area contributed by atoms with Gasteiger partial charge in [0.2, 0.25) is 0 Å². The lowest BCUT2D eigenvalue weighted by atomic mass is 10.1. The molecule has 0 saturated carbocycles. The number of carbonyl (C=O) groups excluding carboxylic acids is 3. The highest BCUT2D eigenvalue weighted by molar-refractivity contribution is 5.71. The first-order valence-corrected chi connectivity index (χ1v) is 24.1. The van der Waals surface area contributed by atoms with Crippen molar-refractivity contribution in [2.45, 2.75) is 219 Å². The molecule has 0 aromatic heterocycles. The van der Waals surface area contributed by atoms with E-state index in [0.29, 0.717) is 19.3 Å². The molecule has 0 bridgehead atoms. The summed E-state index contributed by atoms with van der Waals surface area (Å²) in [6, 6.07) is 0. The van der Waals surface area contributed by atoms with E-state index < -0.39 is 6.10 Å². The summed E-state index contributed by atoms with van der Waals surface area (Å²) >= 11 is 0. The van der Waals surface area contributed by atoms with Crippen molar-refractivity contribution in [3.63, 3.8) is 0 Å². The molecule has 1 atom stereocenters. The molecule has 336 valence electrons. The highest BCUT2D eigenvalue weighted by atomic mass is 16.6. The standard InChI is InChI=1S/C53H88O6/c1-4-7-10-13-16-19-20-21-22-23-24-25-26-27-28-29-30-31-32-33-34-35-38-40-43-46-52(55)58-49-50(59-53(56)47-44-41-37-18-15-12-9-6-3)48-57-51(54)45-42-39-36-17-14-11-8-5-2/h7,10,16,19,21-22,24-25,27-28,30-31,33-34,50H,4-6,8-9,11-15,17-18,20,23,26,29,32,35-49H2,1-3H3/b10-7-,19-16-,22-21-,25-24-,28-27-,31-30-,34-33-. The molecule has 0 saturated heterocycles. The summed E-state index contributed by atoms with van der Waals surface area (Å²) in [5.41, 5.74) is 0. The van der Waals surface area contributed by atoms with Crippen molar-refractivity contribution in [2.75, 3.05) is 13.2 Å². The van der Waals surface area contributed by atoms with E-state index in [2.05, 4.69) is 106 Å². The normalized spacial score (nSPS) is 12.8. The smallest absolute Gasteiger partial charge is 0.306 e. The van der Waals surface area contributed by atoms with Crippen LogP contribution in [0.3, 0.4) is 0 Å². The van der Waals surface area contributed by atoms with Gasteiger partial charge >= 0.3 is 17.9 Å². The fraction of sp³-hybridized carbons (Fsp3) is 0.679. The third-order valence-electron chi connectivity index (χ3n) is 9.91. The zero-order valence-corrected chi connectivity index (χ0v) is 38.2. The van der Waals surface area contributed by atoms with Gasteiger partial charge in [-0.2, -0.15) is 0 Å². The second-order valence-corrected chi connectivity index (χ2v) is 15.6. The molecule has 0 aliphatic rings. The van der Waals surface area contributed by atoms with Gasteiger partial charge in [-0.3, -0.25) is 14.4 Å². The van der Waals surface area contributed by atoms with Crippen LogP contribution in [0.25, 0.3) is 0 Å². The molecule has 0 spiro atoms. The lowest BCUT2D eigenvalue weighted by molar-refractivity contribution is -0.167. The first-order chi connectivity index (χ1) is 29.0. The third kappa shape index (κ3) is 45.5. The second-order valence-electron chi connectivity index (χ2n) is 15.6. The number of rotatable bonds is 42. The minimum Gasteiger partial charge on any atom is -0.462 e. The summed E-state index contributed by atoms with van der Waals surface area (Å²) in [4.78, 5) is 37.6. The Morgan fingerprint density at radius 1 is 0.356 bits per heavy atom. The summed E-state index contributed by atoms with van der Waals surface area (Å²) in [5, 5.41) is 0. The maximum atomic E-state index is 12.6. The molecular weight excluding hydrogens is 733 g/mol. The Kier molecular flexibility index (Phi) is 44.5. The van der Waals surface area contributed by atoms with Gasteiger partial charge in [0.1, 0.15) is 13.2 Å². The van der Waals surface area contributed by atoms with Crippen molar-refractivity contribution in [3.8, 4) is 0 Å². The number of carbonyl (C=O) groups is 3. The molecule has 0 radical (unpaired) electrons. The molecule has 0 rings (SSSR count). The van der Waals surface area contributed by atoms with Crippen LogP contribution in [0, 0.1) is 0 Å². The zero-order valence-electron chi connectivity index (χ0n) is 38.2. The Hall–Kier alpha value is -3.41. The van der Waals surface area contributed by atoms with Crippen molar-refractivity contribution in [1.82, 2.24) is 0 Å². The molecule has 1 unspecified atom stereocenters. The number of hydrogen-bond acceptors (Lipinski definition) is 6. The van der Waals surface area contributed by atoms with Gasteiger partial charge in [0.25, 0.3) is 0 Å². The van der Waals surface area contributed by atoms with Crippen LogP contribution in [0.5, 0.6) is 0 Å². The Balaban J connectivity index is 4.25. The Bertz CT molecular complexity index is 1170. The van der Waals surface area contributed by atoms with Crippen LogP contribution in [-0.4, -0.2) is 37.2 Å². The van der Waals surface area contributed by atoms with E-state index in [0.717, 1.165) is 109 Å². The first-order valence-electron chi connectivity index (χ1n) is 24.1. The summed E-state index contributed by atoms with van der Waals surface area (Å²) in [6.07, 6.45) is 60.2. The molecule has 0 N–H and O–H groups in total. The first kappa shape index (κ1) is 55.6. The molecule has 6 nitrogen and oxygen atoms in total. The van der Waals surface area contributed by atoms with Gasteiger partial charge in [-0.15, -0.1) is 0 Å². The van der Waals surface area contributed by atoms with Crippen molar-refractivity contribution in [3.05, 3.63) is 85.1 Å². The lowest BCUT2D eigenvalue weighted by Gasteiger charge is -2.18. The summed E-state index contributed by atoms with van der Waals surface area (Å²) in [7, 11) is 0. The van der Waals surface area contributed by atoms with Gasteiger partial charge in [-0.25, -0.2) is 0 Å². The molecule has 0 fully saturated rings. The van der Waals surface area contributed by atoms with Crippen LogP contribution < -0.4 is 0 Å². The van der Waals surface area contributed by atoms with Crippen molar-refractivity contribution in [1.29, 1.82) is 0 Å². The lowest BCUT2D eigenvalue weighted by Crippen LogP contribution is -2.30. The van der Waals surface area contributed by atoms with Crippen LogP contribution in [0.15, 0.2) is 85.1 Å². The number of ether oxygens (including phenoxy) is 3. The number of unbranched alkanes of at least 4 members (excludes halogenated alkanes) is 17. The Morgan fingerprint density at radius 3 is 1.03 bits per heavy atom.